The second-order valence-corrected chi connectivity index (χ2v) is 6.14. The number of hydrogen-bond donors (Lipinski definition) is 2. The van der Waals surface area contributed by atoms with Gasteiger partial charge in [-0.3, -0.25) is 0 Å². The van der Waals surface area contributed by atoms with Crippen LogP contribution in [0.2, 0.25) is 0 Å². The molecule has 1 aliphatic carbocycles. The van der Waals surface area contributed by atoms with Crippen LogP contribution in [0.5, 0.6) is 0 Å². The molecule has 112 valence electrons. The van der Waals surface area contributed by atoms with Gasteiger partial charge in [0, 0.05) is 29.1 Å². The summed E-state index contributed by atoms with van der Waals surface area (Å²) >= 11 is 0. The van der Waals surface area contributed by atoms with E-state index in [0.29, 0.717) is 0 Å². The molecule has 0 unspecified atom stereocenters. The maximum atomic E-state index is 13.8. The van der Waals surface area contributed by atoms with Crippen molar-refractivity contribution in [3.63, 3.8) is 0 Å². The quantitative estimate of drug-likeness (QED) is 0.720. The summed E-state index contributed by atoms with van der Waals surface area (Å²) in [7, 11) is 1.97. The molecular weight excluding hydrogens is 275 g/mol. The Morgan fingerprint density at radius 2 is 2.00 bits per heavy atom. The van der Waals surface area contributed by atoms with E-state index in [1.165, 1.54) is 27.6 Å². The van der Waals surface area contributed by atoms with Crippen LogP contribution in [0.25, 0.3) is 10.9 Å². The minimum absolute atomic E-state index is 0.156. The van der Waals surface area contributed by atoms with E-state index in [2.05, 4.69) is 41.6 Å². The van der Waals surface area contributed by atoms with Gasteiger partial charge in [-0.05, 0) is 54.8 Å². The van der Waals surface area contributed by atoms with E-state index < -0.39 is 0 Å². The monoisotopic (exact) mass is 294 g/mol. The van der Waals surface area contributed by atoms with Gasteiger partial charge in [0.1, 0.15) is 5.82 Å². The van der Waals surface area contributed by atoms with Gasteiger partial charge in [-0.2, -0.15) is 0 Å². The predicted molar refractivity (Wildman–Crippen MR) is 87.7 cm³/mol. The van der Waals surface area contributed by atoms with Gasteiger partial charge in [-0.25, -0.2) is 4.39 Å². The van der Waals surface area contributed by atoms with Crippen molar-refractivity contribution < 1.29 is 4.39 Å². The zero-order chi connectivity index (χ0) is 15.3. The van der Waals surface area contributed by atoms with Crippen LogP contribution in [0.4, 0.5) is 4.39 Å². The van der Waals surface area contributed by atoms with Crippen LogP contribution in [0.15, 0.2) is 42.6 Å². The molecule has 0 amide bonds. The topological polar surface area (TPSA) is 27.8 Å². The molecule has 4 rings (SSSR count). The first kappa shape index (κ1) is 13.5. The molecule has 0 fully saturated rings. The number of aromatic amines is 1. The van der Waals surface area contributed by atoms with Gasteiger partial charge in [0.15, 0.2) is 0 Å². The molecule has 0 radical (unpaired) electrons. The molecule has 0 bridgehead atoms. The molecule has 0 aliphatic heterocycles. The number of aryl methyl sites for hydroxylation is 1. The van der Waals surface area contributed by atoms with Crippen LogP contribution >= 0.6 is 0 Å². The molecule has 2 nitrogen and oxygen atoms in total. The summed E-state index contributed by atoms with van der Waals surface area (Å²) in [4.78, 5) is 3.40. The third-order valence-corrected chi connectivity index (χ3v) is 4.95. The molecule has 3 aromatic rings. The molecule has 3 heteroatoms. The highest BCUT2D eigenvalue weighted by Crippen LogP contribution is 2.46. The smallest absolute Gasteiger partial charge is 0.123 e. The van der Waals surface area contributed by atoms with Crippen molar-refractivity contribution in [3.8, 4) is 0 Å². The summed E-state index contributed by atoms with van der Waals surface area (Å²) in [5, 5.41) is 4.61. The first-order valence-electron chi connectivity index (χ1n) is 7.72. The summed E-state index contributed by atoms with van der Waals surface area (Å²) in [5.41, 5.74) is 6.02. The minimum Gasteiger partial charge on any atom is -0.361 e. The Labute approximate surface area is 129 Å². The van der Waals surface area contributed by atoms with Gasteiger partial charge in [0.2, 0.25) is 0 Å². The third kappa shape index (κ3) is 1.89. The molecule has 0 spiro atoms. The highest BCUT2D eigenvalue weighted by molar-refractivity contribution is 5.87. The molecule has 1 aliphatic rings. The highest BCUT2D eigenvalue weighted by Gasteiger charge is 2.32. The molecule has 0 saturated carbocycles. The van der Waals surface area contributed by atoms with Gasteiger partial charge in [0.05, 0.1) is 0 Å². The number of benzene rings is 2. The van der Waals surface area contributed by atoms with E-state index in [-0.39, 0.29) is 17.8 Å². The Bertz CT molecular complexity index is 850. The average Bonchev–Trinajstić information content (AvgIpc) is 3.08. The van der Waals surface area contributed by atoms with Crippen molar-refractivity contribution in [1.82, 2.24) is 10.3 Å². The lowest BCUT2D eigenvalue weighted by Gasteiger charge is -2.11. The minimum atomic E-state index is -0.156. The van der Waals surface area contributed by atoms with Crippen LogP contribution in [-0.2, 0) is 0 Å². The van der Waals surface area contributed by atoms with E-state index in [0.717, 1.165) is 12.0 Å². The fourth-order valence-corrected chi connectivity index (χ4v) is 3.84. The normalized spacial score (nSPS) is 20.5. The average molecular weight is 294 g/mol. The van der Waals surface area contributed by atoms with Crippen LogP contribution < -0.4 is 5.32 Å². The fourth-order valence-electron chi connectivity index (χ4n) is 3.84. The van der Waals surface area contributed by atoms with Crippen molar-refractivity contribution in [2.75, 3.05) is 7.05 Å². The number of halogens is 1. The van der Waals surface area contributed by atoms with Crippen LogP contribution in [0, 0.1) is 12.7 Å². The van der Waals surface area contributed by atoms with Crippen molar-refractivity contribution in [1.29, 1.82) is 0 Å². The van der Waals surface area contributed by atoms with Gasteiger partial charge in [-0.15, -0.1) is 0 Å². The van der Waals surface area contributed by atoms with E-state index in [4.69, 9.17) is 0 Å². The van der Waals surface area contributed by atoms with E-state index in [1.807, 2.05) is 13.1 Å². The number of rotatable bonds is 2. The van der Waals surface area contributed by atoms with E-state index in [9.17, 15) is 4.39 Å². The number of hydrogen-bond acceptors (Lipinski definition) is 1. The molecule has 1 aromatic heterocycles. The fraction of sp³-hybridized carbons (Fsp3) is 0.263. The zero-order valence-corrected chi connectivity index (χ0v) is 12.8. The van der Waals surface area contributed by atoms with Gasteiger partial charge in [0.25, 0.3) is 0 Å². The van der Waals surface area contributed by atoms with E-state index in [1.54, 1.807) is 12.1 Å². The SMILES string of the molecule is CN[C@@H]1C[C@H](c2c[nH]c3c(C)cccc23)c2cc(F)ccc21. The Kier molecular flexibility index (Phi) is 3.05. The van der Waals surface area contributed by atoms with Gasteiger partial charge in [-0.1, -0.05) is 24.3 Å². The lowest BCUT2D eigenvalue weighted by atomic mass is 9.92. The number of nitrogens with one attached hydrogen (secondary N) is 2. The molecule has 2 atom stereocenters. The highest BCUT2D eigenvalue weighted by atomic mass is 19.1. The van der Waals surface area contributed by atoms with Crippen LogP contribution in [0.3, 0.4) is 0 Å². The largest absolute Gasteiger partial charge is 0.361 e. The maximum absolute atomic E-state index is 13.8. The Morgan fingerprint density at radius 1 is 1.14 bits per heavy atom. The summed E-state index contributed by atoms with van der Waals surface area (Å²) in [6, 6.07) is 11.8. The molecular formula is C19H19FN2. The Morgan fingerprint density at radius 3 is 2.82 bits per heavy atom. The molecule has 2 aromatic carbocycles. The van der Waals surface area contributed by atoms with Gasteiger partial charge < -0.3 is 10.3 Å². The summed E-state index contributed by atoms with van der Waals surface area (Å²) in [6.07, 6.45) is 3.06. The lowest BCUT2D eigenvalue weighted by molar-refractivity contribution is 0.566. The second kappa shape index (κ2) is 4.96. The number of para-hydroxylation sites is 1. The number of aromatic nitrogens is 1. The van der Waals surface area contributed by atoms with Crippen molar-refractivity contribution in [3.05, 3.63) is 70.7 Å². The Balaban J connectivity index is 1.90. The lowest BCUT2D eigenvalue weighted by Crippen LogP contribution is -2.13. The zero-order valence-electron chi connectivity index (χ0n) is 12.8. The number of fused-ring (bicyclic) bond motifs is 2. The van der Waals surface area contributed by atoms with Crippen molar-refractivity contribution >= 4 is 10.9 Å². The molecule has 2 N–H and O–H groups in total. The summed E-state index contributed by atoms with van der Waals surface area (Å²) < 4.78 is 13.8. The molecule has 1 heterocycles. The molecule has 0 saturated heterocycles. The standard InChI is InChI=1S/C19H19FN2/c1-11-4-3-5-14-17(10-22-19(11)14)16-9-18(21-2)13-7-6-12(20)8-15(13)16/h3-8,10,16,18,21-22H,9H2,1-2H3/t16-,18+/m0/s1. The predicted octanol–water partition coefficient (Wildman–Crippen LogP) is 4.41. The first-order chi connectivity index (χ1) is 10.7. The maximum Gasteiger partial charge on any atom is 0.123 e. The Hall–Kier alpha value is -2.13. The second-order valence-electron chi connectivity index (χ2n) is 6.14. The van der Waals surface area contributed by atoms with Crippen LogP contribution in [0.1, 0.15) is 40.6 Å². The van der Waals surface area contributed by atoms with Gasteiger partial charge >= 0.3 is 0 Å². The van der Waals surface area contributed by atoms with Crippen molar-refractivity contribution in [2.45, 2.75) is 25.3 Å². The first-order valence-corrected chi connectivity index (χ1v) is 7.72. The summed E-state index contributed by atoms with van der Waals surface area (Å²) in [5.74, 6) is 0.0789. The number of H-pyrrole nitrogens is 1. The third-order valence-electron chi connectivity index (χ3n) is 4.95. The summed E-state index contributed by atoms with van der Waals surface area (Å²) in [6.45, 7) is 2.11. The van der Waals surface area contributed by atoms with Crippen molar-refractivity contribution in [2.24, 2.45) is 0 Å². The van der Waals surface area contributed by atoms with E-state index >= 15 is 0 Å². The van der Waals surface area contributed by atoms with Crippen LogP contribution in [-0.4, -0.2) is 12.0 Å². The molecule has 22 heavy (non-hydrogen) atoms.